The second-order valence-electron chi connectivity index (χ2n) is 5.77. The molecule has 0 atom stereocenters. The first-order chi connectivity index (χ1) is 10.5. The number of nitrogens with zero attached hydrogens (tertiary/aromatic N) is 1. The SMILES string of the molecule is CCP(O)(O)(CC)N(Cc1ccccc1)Cc1ccccc1. The average Bonchev–Trinajstić information content (AvgIpc) is 2.56. The van der Waals surface area contributed by atoms with Crippen LogP contribution in [0, 0.1) is 0 Å². The van der Waals surface area contributed by atoms with Gasteiger partial charge in [0.1, 0.15) is 0 Å². The zero-order chi connectivity index (χ0) is 16.1. The van der Waals surface area contributed by atoms with Gasteiger partial charge in [0.2, 0.25) is 0 Å². The van der Waals surface area contributed by atoms with E-state index in [1.54, 1.807) is 0 Å². The molecule has 2 N–H and O–H groups in total. The van der Waals surface area contributed by atoms with Crippen molar-refractivity contribution in [3.8, 4) is 0 Å². The zero-order valence-corrected chi connectivity index (χ0v) is 14.3. The molecule has 0 saturated heterocycles. The molecule has 0 unspecified atom stereocenters. The molecular weight excluding hydrogens is 293 g/mol. The molecule has 0 saturated carbocycles. The molecule has 0 aromatic heterocycles. The third kappa shape index (κ3) is 3.93. The molecule has 2 aromatic carbocycles. The van der Waals surface area contributed by atoms with E-state index in [1.165, 1.54) is 0 Å². The summed E-state index contributed by atoms with van der Waals surface area (Å²) in [6, 6.07) is 20.0. The van der Waals surface area contributed by atoms with Crippen LogP contribution in [0.25, 0.3) is 0 Å². The van der Waals surface area contributed by atoms with Gasteiger partial charge in [0.25, 0.3) is 0 Å². The van der Waals surface area contributed by atoms with Gasteiger partial charge in [0.15, 0.2) is 0 Å². The summed E-state index contributed by atoms with van der Waals surface area (Å²) in [5.41, 5.74) is 2.19. The molecule has 0 radical (unpaired) electrons. The maximum absolute atomic E-state index is 11.1. The molecule has 3 nitrogen and oxygen atoms in total. The van der Waals surface area contributed by atoms with Crippen molar-refractivity contribution in [1.29, 1.82) is 0 Å². The Labute approximate surface area is 133 Å². The van der Waals surface area contributed by atoms with E-state index < -0.39 is 7.21 Å². The Hall–Kier alpha value is -1.25. The van der Waals surface area contributed by atoms with Gasteiger partial charge in [-0.25, -0.2) is 0 Å². The fraction of sp³-hybridized carbons (Fsp3) is 0.333. The van der Waals surface area contributed by atoms with E-state index in [-0.39, 0.29) is 0 Å². The number of rotatable bonds is 7. The van der Waals surface area contributed by atoms with Crippen molar-refractivity contribution in [2.24, 2.45) is 0 Å². The van der Waals surface area contributed by atoms with Crippen molar-refractivity contribution >= 4 is 7.21 Å². The molecule has 2 rings (SSSR count). The summed E-state index contributed by atoms with van der Waals surface area (Å²) in [5, 5.41) is 0. The quantitative estimate of drug-likeness (QED) is 0.758. The summed E-state index contributed by atoms with van der Waals surface area (Å²) >= 11 is 0. The number of benzene rings is 2. The van der Waals surface area contributed by atoms with Gasteiger partial charge >= 0.3 is 133 Å². The fourth-order valence-corrected chi connectivity index (χ4v) is 4.82. The summed E-state index contributed by atoms with van der Waals surface area (Å²) in [7, 11) is -3.84. The Balaban J connectivity index is 2.32. The van der Waals surface area contributed by atoms with Gasteiger partial charge in [-0.05, 0) is 0 Å². The van der Waals surface area contributed by atoms with Gasteiger partial charge in [-0.3, -0.25) is 0 Å². The standard InChI is InChI=1S/C18H26NO2P/c1-3-22(20,21,4-2)19(15-17-11-7-5-8-12-17)16-18-13-9-6-10-14-18/h5-14,20-21H,3-4,15-16H2,1-2H3. The van der Waals surface area contributed by atoms with E-state index in [1.807, 2.05) is 79.2 Å². The predicted molar refractivity (Wildman–Crippen MR) is 94.6 cm³/mol. The van der Waals surface area contributed by atoms with Gasteiger partial charge in [-0.1, -0.05) is 0 Å². The van der Waals surface area contributed by atoms with Crippen LogP contribution >= 0.6 is 7.21 Å². The Bertz CT molecular complexity index is 537. The third-order valence-corrected chi connectivity index (χ3v) is 8.54. The molecule has 0 heterocycles. The van der Waals surface area contributed by atoms with Crippen LogP contribution in [0.3, 0.4) is 0 Å². The zero-order valence-electron chi connectivity index (χ0n) is 13.4. The molecule has 0 amide bonds. The summed E-state index contributed by atoms with van der Waals surface area (Å²) < 4.78 is 1.89. The van der Waals surface area contributed by atoms with Crippen molar-refractivity contribution in [3.63, 3.8) is 0 Å². The monoisotopic (exact) mass is 319 g/mol. The van der Waals surface area contributed by atoms with Gasteiger partial charge in [0.05, 0.1) is 0 Å². The van der Waals surface area contributed by atoms with E-state index in [0.29, 0.717) is 25.4 Å². The normalized spacial score (nSPS) is 13.8. The average molecular weight is 319 g/mol. The van der Waals surface area contributed by atoms with Crippen LogP contribution in [0.2, 0.25) is 0 Å². The van der Waals surface area contributed by atoms with Crippen LogP contribution in [0.15, 0.2) is 60.7 Å². The Morgan fingerprint density at radius 1 is 0.727 bits per heavy atom. The van der Waals surface area contributed by atoms with Crippen LogP contribution in [-0.4, -0.2) is 26.8 Å². The van der Waals surface area contributed by atoms with Crippen LogP contribution in [0.1, 0.15) is 25.0 Å². The molecule has 4 heteroatoms. The molecule has 0 bridgehead atoms. The first-order valence-electron chi connectivity index (χ1n) is 7.81. The molecular formula is C18H26NO2P. The minimum atomic E-state index is -3.84. The topological polar surface area (TPSA) is 43.7 Å². The van der Waals surface area contributed by atoms with Crippen molar-refractivity contribution in [2.45, 2.75) is 26.9 Å². The predicted octanol–water partition coefficient (Wildman–Crippen LogP) is 4.01. The van der Waals surface area contributed by atoms with Crippen LogP contribution in [0.5, 0.6) is 0 Å². The Morgan fingerprint density at radius 2 is 1.09 bits per heavy atom. The van der Waals surface area contributed by atoms with Gasteiger partial charge in [-0.2, -0.15) is 0 Å². The number of hydrogen-bond donors (Lipinski definition) is 2. The Kier molecular flexibility index (Phi) is 5.36. The third-order valence-electron chi connectivity index (χ3n) is 4.36. The first-order valence-corrected chi connectivity index (χ1v) is 10.3. The van der Waals surface area contributed by atoms with Crippen molar-refractivity contribution in [3.05, 3.63) is 71.8 Å². The second kappa shape index (κ2) is 6.89. The summed E-state index contributed by atoms with van der Waals surface area (Å²) in [6.07, 6.45) is 0.754. The molecule has 0 spiro atoms. The van der Waals surface area contributed by atoms with E-state index >= 15 is 0 Å². The fourth-order valence-electron chi connectivity index (χ4n) is 2.59. The van der Waals surface area contributed by atoms with Gasteiger partial charge in [-0.15, -0.1) is 0 Å². The first kappa shape index (κ1) is 17.1. The summed E-state index contributed by atoms with van der Waals surface area (Å²) in [5.74, 6) is 0. The molecule has 0 aliphatic carbocycles. The van der Waals surface area contributed by atoms with Crippen molar-refractivity contribution in [1.82, 2.24) is 4.67 Å². The second-order valence-corrected chi connectivity index (χ2v) is 10.3. The maximum atomic E-state index is 11.1. The Morgan fingerprint density at radius 3 is 1.41 bits per heavy atom. The van der Waals surface area contributed by atoms with E-state index in [9.17, 15) is 9.79 Å². The summed E-state index contributed by atoms with van der Waals surface area (Å²) in [6.45, 7) is 4.82. The summed E-state index contributed by atoms with van der Waals surface area (Å²) in [4.78, 5) is 22.2. The van der Waals surface area contributed by atoms with E-state index in [0.717, 1.165) is 11.1 Å². The van der Waals surface area contributed by atoms with Crippen LogP contribution in [-0.2, 0) is 13.1 Å². The van der Waals surface area contributed by atoms with Crippen molar-refractivity contribution < 1.29 is 9.79 Å². The van der Waals surface area contributed by atoms with E-state index in [2.05, 4.69) is 0 Å². The van der Waals surface area contributed by atoms with Gasteiger partial charge < -0.3 is 0 Å². The molecule has 0 aliphatic heterocycles. The van der Waals surface area contributed by atoms with Crippen LogP contribution < -0.4 is 0 Å². The number of hydrogen-bond acceptors (Lipinski definition) is 3. The molecule has 0 aliphatic rings. The van der Waals surface area contributed by atoms with Crippen molar-refractivity contribution in [2.75, 3.05) is 12.3 Å². The molecule has 0 fully saturated rings. The van der Waals surface area contributed by atoms with Crippen LogP contribution in [0.4, 0.5) is 0 Å². The molecule has 2 aromatic rings. The minimum absolute atomic E-state index is 0.377. The van der Waals surface area contributed by atoms with Gasteiger partial charge in [0, 0.05) is 0 Å². The van der Waals surface area contributed by atoms with E-state index in [4.69, 9.17) is 0 Å². The molecule has 120 valence electrons. The molecule has 22 heavy (non-hydrogen) atoms.